The van der Waals surface area contributed by atoms with E-state index in [0.29, 0.717) is 10.7 Å². The summed E-state index contributed by atoms with van der Waals surface area (Å²) in [5, 5.41) is 6.12. The number of nitrogens with one attached hydrogen (secondary N) is 2. The number of benzene rings is 2. The molecule has 2 amide bonds. The summed E-state index contributed by atoms with van der Waals surface area (Å²) in [5.41, 5.74) is 3.74. The number of urea groups is 1. The predicted molar refractivity (Wildman–Crippen MR) is 97.6 cm³/mol. The maximum atomic E-state index is 12.0. The largest absolute Gasteiger partial charge is 0.323 e. The molecule has 0 atom stereocenters. The number of hydrogen-bond donors (Lipinski definition) is 2. The van der Waals surface area contributed by atoms with Crippen LogP contribution in [0.25, 0.3) is 0 Å². The Labute approximate surface area is 145 Å². The van der Waals surface area contributed by atoms with Crippen molar-refractivity contribution < 1.29 is 4.79 Å². The van der Waals surface area contributed by atoms with Crippen LogP contribution in [0.5, 0.6) is 0 Å². The highest BCUT2D eigenvalue weighted by atomic mass is 35.5. The molecule has 4 nitrogen and oxygen atoms in total. The fourth-order valence-electron chi connectivity index (χ4n) is 2.30. The highest BCUT2D eigenvalue weighted by Crippen LogP contribution is 2.16. The molecule has 0 spiro atoms. The van der Waals surface area contributed by atoms with Gasteiger partial charge >= 0.3 is 6.03 Å². The lowest BCUT2D eigenvalue weighted by atomic mass is 10.1. The average molecular weight is 338 g/mol. The molecule has 1 heterocycles. The quantitative estimate of drug-likeness (QED) is 0.706. The Bertz CT molecular complexity index is 820. The van der Waals surface area contributed by atoms with Crippen molar-refractivity contribution in [2.45, 2.75) is 6.42 Å². The summed E-state index contributed by atoms with van der Waals surface area (Å²) in [5.74, 6) is 0. The van der Waals surface area contributed by atoms with E-state index in [1.807, 2.05) is 36.4 Å². The van der Waals surface area contributed by atoms with E-state index in [1.54, 1.807) is 36.7 Å². The third kappa shape index (κ3) is 4.57. The van der Waals surface area contributed by atoms with Gasteiger partial charge in [0.05, 0.1) is 0 Å². The number of anilines is 2. The molecule has 2 N–H and O–H groups in total. The minimum Gasteiger partial charge on any atom is -0.308 e. The van der Waals surface area contributed by atoms with Crippen LogP contribution in [0.3, 0.4) is 0 Å². The lowest BCUT2D eigenvalue weighted by Crippen LogP contribution is -2.19. The zero-order valence-corrected chi connectivity index (χ0v) is 13.6. The number of pyridine rings is 1. The van der Waals surface area contributed by atoms with Crippen molar-refractivity contribution in [3.8, 4) is 0 Å². The molecule has 0 saturated heterocycles. The van der Waals surface area contributed by atoms with Crippen LogP contribution < -0.4 is 10.6 Å². The lowest BCUT2D eigenvalue weighted by molar-refractivity contribution is 0.262. The van der Waals surface area contributed by atoms with Crippen molar-refractivity contribution in [2.24, 2.45) is 0 Å². The molecule has 2 aromatic carbocycles. The number of aromatic nitrogens is 1. The smallest absolute Gasteiger partial charge is 0.308 e. The monoisotopic (exact) mass is 337 g/mol. The number of rotatable bonds is 4. The Kier molecular flexibility index (Phi) is 5.08. The fraction of sp³-hybridized carbons (Fsp3) is 0.0526. The number of carbonyl (C=O) groups is 1. The normalized spacial score (nSPS) is 10.2. The molecule has 1 aromatic heterocycles. The van der Waals surface area contributed by atoms with Gasteiger partial charge in [0, 0.05) is 28.8 Å². The lowest BCUT2D eigenvalue weighted by Gasteiger charge is -2.09. The topological polar surface area (TPSA) is 54.0 Å². The zero-order valence-electron chi connectivity index (χ0n) is 12.9. The predicted octanol–water partition coefficient (Wildman–Crippen LogP) is 4.97. The zero-order chi connectivity index (χ0) is 16.8. The second kappa shape index (κ2) is 7.62. The van der Waals surface area contributed by atoms with Crippen molar-refractivity contribution in [3.63, 3.8) is 0 Å². The van der Waals surface area contributed by atoms with Gasteiger partial charge in [0.25, 0.3) is 0 Å². The number of carbonyl (C=O) groups excluding carboxylic acids is 1. The second-order valence-corrected chi connectivity index (χ2v) is 5.76. The molecule has 0 aliphatic heterocycles. The van der Waals surface area contributed by atoms with Crippen molar-refractivity contribution in [1.82, 2.24) is 4.98 Å². The van der Waals surface area contributed by atoms with Crippen LogP contribution in [0.2, 0.25) is 5.02 Å². The van der Waals surface area contributed by atoms with Crippen molar-refractivity contribution in [2.75, 3.05) is 10.6 Å². The number of hydrogen-bond acceptors (Lipinski definition) is 2. The minimum absolute atomic E-state index is 0.306. The third-order valence-corrected chi connectivity index (χ3v) is 3.69. The summed E-state index contributed by atoms with van der Waals surface area (Å²) in [6.07, 6.45) is 4.40. The van der Waals surface area contributed by atoms with Crippen molar-refractivity contribution in [3.05, 3.63) is 89.2 Å². The minimum atomic E-state index is -0.306. The highest BCUT2D eigenvalue weighted by molar-refractivity contribution is 6.30. The van der Waals surface area contributed by atoms with Gasteiger partial charge in [0.2, 0.25) is 0 Å². The molecule has 0 saturated carbocycles. The van der Waals surface area contributed by atoms with E-state index in [1.165, 1.54) is 11.1 Å². The van der Waals surface area contributed by atoms with Gasteiger partial charge in [-0.3, -0.25) is 4.98 Å². The Morgan fingerprint density at radius 2 is 1.54 bits per heavy atom. The van der Waals surface area contributed by atoms with Gasteiger partial charge in [0.1, 0.15) is 0 Å². The van der Waals surface area contributed by atoms with Gasteiger partial charge in [-0.2, -0.15) is 0 Å². The van der Waals surface area contributed by atoms with Gasteiger partial charge in [0.15, 0.2) is 0 Å². The Morgan fingerprint density at radius 1 is 0.875 bits per heavy atom. The maximum Gasteiger partial charge on any atom is 0.323 e. The Hall–Kier alpha value is -2.85. The van der Waals surface area contributed by atoms with Gasteiger partial charge in [-0.15, -0.1) is 0 Å². The Balaban J connectivity index is 1.58. The number of nitrogens with zero attached hydrogens (tertiary/aromatic N) is 1. The summed E-state index contributed by atoms with van der Waals surface area (Å²) < 4.78 is 0. The van der Waals surface area contributed by atoms with E-state index in [9.17, 15) is 4.79 Å². The van der Waals surface area contributed by atoms with Crippen LogP contribution in [0, 0.1) is 0 Å². The van der Waals surface area contributed by atoms with E-state index in [2.05, 4.69) is 15.6 Å². The summed E-state index contributed by atoms with van der Waals surface area (Å²) in [4.78, 5) is 16.0. The van der Waals surface area contributed by atoms with Gasteiger partial charge in [-0.25, -0.2) is 4.79 Å². The highest BCUT2D eigenvalue weighted by Gasteiger charge is 2.03. The fourth-order valence-corrected chi connectivity index (χ4v) is 2.49. The number of halogens is 1. The number of amides is 2. The van der Waals surface area contributed by atoms with Crippen LogP contribution in [-0.4, -0.2) is 11.0 Å². The van der Waals surface area contributed by atoms with Crippen LogP contribution in [-0.2, 0) is 6.42 Å². The van der Waals surface area contributed by atoms with Crippen LogP contribution in [0.4, 0.5) is 16.2 Å². The molecule has 0 bridgehead atoms. The van der Waals surface area contributed by atoms with Crippen LogP contribution in [0.1, 0.15) is 11.1 Å². The molecular formula is C19H16ClN3O. The molecule has 0 radical (unpaired) electrons. The summed E-state index contributed by atoms with van der Waals surface area (Å²) in [6.45, 7) is 0. The molecule has 0 aliphatic carbocycles. The van der Waals surface area contributed by atoms with E-state index < -0.39 is 0 Å². The average Bonchev–Trinajstić information content (AvgIpc) is 2.57. The van der Waals surface area contributed by atoms with Gasteiger partial charge < -0.3 is 10.6 Å². The second-order valence-electron chi connectivity index (χ2n) is 5.32. The summed E-state index contributed by atoms with van der Waals surface area (Å²) in [6, 6.07) is 18.4. The molecule has 24 heavy (non-hydrogen) atoms. The van der Waals surface area contributed by atoms with Gasteiger partial charge in [-0.1, -0.05) is 29.8 Å². The molecule has 0 unspecified atom stereocenters. The SMILES string of the molecule is O=C(Nc1ccc(Cc2ccncc2)cc1)Nc1cccc(Cl)c1. The maximum absolute atomic E-state index is 12.0. The molecule has 0 aliphatic rings. The Morgan fingerprint density at radius 3 is 2.25 bits per heavy atom. The van der Waals surface area contributed by atoms with E-state index in [0.717, 1.165) is 12.1 Å². The van der Waals surface area contributed by atoms with Crippen LogP contribution in [0.15, 0.2) is 73.1 Å². The molecule has 0 fully saturated rings. The first kappa shape index (κ1) is 16.0. The molecular weight excluding hydrogens is 322 g/mol. The molecule has 5 heteroatoms. The first-order valence-electron chi connectivity index (χ1n) is 7.50. The summed E-state index contributed by atoms with van der Waals surface area (Å²) >= 11 is 5.90. The van der Waals surface area contributed by atoms with Crippen LogP contribution >= 0.6 is 11.6 Å². The van der Waals surface area contributed by atoms with E-state index in [-0.39, 0.29) is 6.03 Å². The van der Waals surface area contributed by atoms with Crippen molar-refractivity contribution in [1.29, 1.82) is 0 Å². The standard InChI is InChI=1S/C19H16ClN3O/c20-16-2-1-3-18(13-16)23-19(24)22-17-6-4-14(5-7-17)12-15-8-10-21-11-9-15/h1-11,13H,12H2,(H2,22,23,24). The third-order valence-electron chi connectivity index (χ3n) is 3.45. The summed E-state index contributed by atoms with van der Waals surface area (Å²) in [7, 11) is 0. The van der Waals surface area contributed by atoms with Crippen molar-refractivity contribution >= 4 is 29.0 Å². The van der Waals surface area contributed by atoms with Gasteiger partial charge in [-0.05, 0) is 60.0 Å². The van der Waals surface area contributed by atoms with E-state index >= 15 is 0 Å². The first-order chi connectivity index (χ1) is 11.7. The van der Waals surface area contributed by atoms with E-state index in [4.69, 9.17) is 11.6 Å². The first-order valence-corrected chi connectivity index (χ1v) is 7.88. The molecule has 3 aromatic rings. The molecule has 120 valence electrons. The molecule has 3 rings (SSSR count).